The maximum absolute atomic E-state index is 10.8. The lowest BCUT2D eigenvalue weighted by Gasteiger charge is -2.12. The van der Waals surface area contributed by atoms with Crippen LogP contribution < -0.4 is 10.1 Å². The van der Waals surface area contributed by atoms with E-state index in [1.807, 2.05) is 26.1 Å². The van der Waals surface area contributed by atoms with Crippen molar-refractivity contribution in [2.24, 2.45) is 0 Å². The van der Waals surface area contributed by atoms with Gasteiger partial charge >= 0.3 is 0 Å². The number of hydrogen-bond donors (Lipinski definition) is 1. The number of rotatable bonds is 5. The van der Waals surface area contributed by atoms with Crippen LogP contribution in [0.25, 0.3) is 0 Å². The Morgan fingerprint density at radius 3 is 2.71 bits per heavy atom. The average Bonchev–Trinajstić information content (AvgIpc) is 2.46. The molecule has 2 rings (SSSR count). The first-order valence-corrected chi connectivity index (χ1v) is 6.57. The molecule has 6 heteroatoms. The van der Waals surface area contributed by atoms with Crippen molar-refractivity contribution >= 4 is 5.69 Å². The molecule has 110 valence electrons. The Labute approximate surface area is 122 Å². The number of aryl methyl sites for hydroxylation is 1. The summed E-state index contributed by atoms with van der Waals surface area (Å²) in [6, 6.07) is 8.58. The summed E-state index contributed by atoms with van der Waals surface area (Å²) < 4.78 is 5.67. The number of nitro groups is 1. The predicted molar refractivity (Wildman–Crippen MR) is 79.6 cm³/mol. The number of ether oxygens (including phenoxy) is 1. The molecule has 0 radical (unpaired) electrons. The van der Waals surface area contributed by atoms with Crippen LogP contribution in [0.2, 0.25) is 0 Å². The van der Waals surface area contributed by atoms with Crippen LogP contribution in [0.1, 0.15) is 24.1 Å². The fourth-order valence-corrected chi connectivity index (χ4v) is 1.93. The van der Waals surface area contributed by atoms with Crippen molar-refractivity contribution < 1.29 is 9.66 Å². The third-order valence-corrected chi connectivity index (χ3v) is 3.28. The number of nitro benzene ring substituents is 1. The van der Waals surface area contributed by atoms with Crippen LogP contribution in [0.15, 0.2) is 36.5 Å². The van der Waals surface area contributed by atoms with Gasteiger partial charge in [0, 0.05) is 29.9 Å². The lowest BCUT2D eigenvalue weighted by molar-refractivity contribution is -0.385. The molecule has 0 saturated carbocycles. The SMILES string of the molecule is CNC(C)c1ccnc(Oc2ccc([N+](=O)[O-])c(C)c2)c1. The summed E-state index contributed by atoms with van der Waals surface area (Å²) in [7, 11) is 1.88. The number of pyridine rings is 1. The molecule has 2 aromatic rings. The predicted octanol–water partition coefficient (Wildman–Crippen LogP) is 3.37. The number of benzene rings is 1. The summed E-state index contributed by atoms with van der Waals surface area (Å²) in [5, 5.41) is 13.9. The Balaban J connectivity index is 2.22. The molecule has 0 aliphatic heterocycles. The molecule has 1 N–H and O–H groups in total. The minimum absolute atomic E-state index is 0.0767. The first-order chi connectivity index (χ1) is 10.0. The second kappa shape index (κ2) is 6.32. The van der Waals surface area contributed by atoms with E-state index < -0.39 is 4.92 Å². The Bertz CT molecular complexity index is 658. The van der Waals surface area contributed by atoms with Crippen molar-refractivity contribution in [2.75, 3.05) is 7.05 Å². The van der Waals surface area contributed by atoms with E-state index >= 15 is 0 Å². The molecule has 0 bridgehead atoms. The van der Waals surface area contributed by atoms with Crippen LogP contribution in [0.4, 0.5) is 5.69 Å². The molecular formula is C15H17N3O3. The maximum Gasteiger partial charge on any atom is 0.272 e. The second-order valence-electron chi connectivity index (χ2n) is 4.75. The van der Waals surface area contributed by atoms with E-state index in [1.165, 1.54) is 6.07 Å². The van der Waals surface area contributed by atoms with E-state index in [4.69, 9.17) is 4.74 Å². The van der Waals surface area contributed by atoms with E-state index in [2.05, 4.69) is 10.3 Å². The summed E-state index contributed by atoms with van der Waals surface area (Å²) in [5.74, 6) is 0.989. The van der Waals surface area contributed by atoms with Crippen LogP contribution in [0, 0.1) is 17.0 Å². The molecule has 0 amide bonds. The third-order valence-electron chi connectivity index (χ3n) is 3.28. The van der Waals surface area contributed by atoms with Crippen LogP contribution >= 0.6 is 0 Å². The van der Waals surface area contributed by atoms with Gasteiger partial charge in [-0.15, -0.1) is 0 Å². The van der Waals surface area contributed by atoms with Crippen molar-refractivity contribution in [1.29, 1.82) is 0 Å². The smallest absolute Gasteiger partial charge is 0.272 e. The Morgan fingerprint density at radius 1 is 1.33 bits per heavy atom. The van der Waals surface area contributed by atoms with E-state index in [0.29, 0.717) is 17.2 Å². The molecule has 0 saturated heterocycles. The van der Waals surface area contributed by atoms with Crippen LogP contribution in [-0.4, -0.2) is 17.0 Å². The van der Waals surface area contributed by atoms with Gasteiger partial charge in [0.15, 0.2) is 0 Å². The maximum atomic E-state index is 10.8. The lowest BCUT2D eigenvalue weighted by Crippen LogP contribution is -2.12. The van der Waals surface area contributed by atoms with Gasteiger partial charge in [0.05, 0.1) is 4.92 Å². The first-order valence-electron chi connectivity index (χ1n) is 6.57. The van der Waals surface area contributed by atoms with Crippen molar-refractivity contribution in [1.82, 2.24) is 10.3 Å². The van der Waals surface area contributed by atoms with Crippen molar-refractivity contribution in [3.63, 3.8) is 0 Å². The molecule has 0 fully saturated rings. The summed E-state index contributed by atoms with van der Waals surface area (Å²) >= 11 is 0. The highest BCUT2D eigenvalue weighted by atomic mass is 16.6. The van der Waals surface area contributed by atoms with Gasteiger partial charge in [0.25, 0.3) is 5.69 Å². The topological polar surface area (TPSA) is 77.3 Å². The molecule has 1 aromatic heterocycles. The van der Waals surface area contributed by atoms with Gasteiger partial charge in [-0.05, 0) is 44.7 Å². The van der Waals surface area contributed by atoms with Gasteiger partial charge in [-0.3, -0.25) is 10.1 Å². The highest BCUT2D eigenvalue weighted by Crippen LogP contribution is 2.27. The second-order valence-corrected chi connectivity index (χ2v) is 4.75. The van der Waals surface area contributed by atoms with Gasteiger partial charge in [0.2, 0.25) is 5.88 Å². The van der Waals surface area contributed by atoms with Gasteiger partial charge in [-0.25, -0.2) is 4.98 Å². The van der Waals surface area contributed by atoms with Gasteiger partial charge in [0.1, 0.15) is 5.75 Å². The molecule has 0 aliphatic rings. The van der Waals surface area contributed by atoms with E-state index in [-0.39, 0.29) is 11.7 Å². The zero-order valence-corrected chi connectivity index (χ0v) is 12.2. The highest BCUT2D eigenvalue weighted by Gasteiger charge is 2.12. The Kier molecular flexibility index (Phi) is 4.49. The Hall–Kier alpha value is -2.47. The van der Waals surface area contributed by atoms with Crippen molar-refractivity contribution in [3.05, 3.63) is 57.8 Å². The largest absolute Gasteiger partial charge is 0.439 e. The lowest BCUT2D eigenvalue weighted by atomic mass is 10.1. The number of aromatic nitrogens is 1. The molecule has 1 unspecified atom stereocenters. The summed E-state index contributed by atoms with van der Waals surface area (Å²) in [6.07, 6.45) is 1.68. The van der Waals surface area contributed by atoms with Gasteiger partial charge in [-0.1, -0.05) is 0 Å². The standard InChI is InChI=1S/C15H17N3O3/c1-10-8-13(4-5-14(10)18(19)20)21-15-9-12(6-7-17-15)11(2)16-3/h4-9,11,16H,1-3H3. The molecule has 1 aromatic carbocycles. The number of hydrogen-bond acceptors (Lipinski definition) is 5. The molecule has 1 atom stereocenters. The van der Waals surface area contributed by atoms with Crippen LogP contribution in [0.5, 0.6) is 11.6 Å². The van der Waals surface area contributed by atoms with Gasteiger partial charge in [-0.2, -0.15) is 0 Å². The fourth-order valence-electron chi connectivity index (χ4n) is 1.93. The molecular weight excluding hydrogens is 270 g/mol. The van der Waals surface area contributed by atoms with E-state index in [0.717, 1.165) is 5.56 Å². The molecule has 6 nitrogen and oxygen atoms in total. The monoisotopic (exact) mass is 287 g/mol. The molecule has 1 heterocycles. The summed E-state index contributed by atoms with van der Waals surface area (Å²) in [5.41, 5.74) is 1.69. The van der Waals surface area contributed by atoms with Gasteiger partial charge < -0.3 is 10.1 Å². The molecule has 0 aliphatic carbocycles. The highest BCUT2D eigenvalue weighted by molar-refractivity contribution is 5.45. The number of nitrogens with zero attached hydrogens (tertiary/aromatic N) is 2. The van der Waals surface area contributed by atoms with E-state index in [9.17, 15) is 10.1 Å². The zero-order chi connectivity index (χ0) is 15.4. The van der Waals surface area contributed by atoms with Crippen LogP contribution in [0.3, 0.4) is 0 Å². The minimum atomic E-state index is -0.410. The molecule has 0 spiro atoms. The Morgan fingerprint density at radius 2 is 2.10 bits per heavy atom. The third kappa shape index (κ3) is 3.55. The minimum Gasteiger partial charge on any atom is -0.439 e. The first kappa shape index (κ1) is 14.9. The summed E-state index contributed by atoms with van der Waals surface area (Å²) in [4.78, 5) is 14.5. The zero-order valence-electron chi connectivity index (χ0n) is 12.2. The molecule has 21 heavy (non-hydrogen) atoms. The summed E-state index contributed by atoms with van der Waals surface area (Å²) in [6.45, 7) is 3.72. The average molecular weight is 287 g/mol. The normalized spacial score (nSPS) is 12.0. The van der Waals surface area contributed by atoms with Crippen molar-refractivity contribution in [3.8, 4) is 11.6 Å². The van der Waals surface area contributed by atoms with Crippen LogP contribution in [-0.2, 0) is 0 Å². The van der Waals surface area contributed by atoms with Crippen molar-refractivity contribution in [2.45, 2.75) is 19.9 Å². The van der Waals surface area contributed by atoms with E-state index in [1.54, 1.807) is 25.3 Å². The number of nitrogens with one attached hydrogen (secondary N) is 1. The quantitative estimate of drug-likeness (QED) is 0.674. The fraction of sp³-hybridized carbons (Fsp3) is 0.267.